The van der Waals surface area contributed by atoms with Gasteiger partial charge in [0.05, 0.1) is 5.56 Å². The summed E-state index contributed by atoms with van der Waals surface area (Å²) in [6, 6.07) is 14.6. The molecule has 0 heterocycles. The van der Waals surface area contributed by atoms with Crippen molar-refractivity contribution < 1.29 is 9.90 Å². The molecule has 2 aromatic carbocycles. The molecule has 160 valence electrons. The Labute approximate surface area is 185 Å². The Morgan fingerprint density at radius 3 is 1.97 bits per heavy atom. The monoisotopic (exact) mass is 425 g/mol. The normalized spacial score (nSPS) is 10.3. The molecule has 2 rings (SSSR count). The van der Waals surface area contributed by atoms with E-state index >= 15 is 0 Å². The lowest BCUT2D eigenvalue weighted by Gasteiger charge is -2.06. The first kappa shape index (κ1) is 23.8. The minimum atomic E-state index is -0.885. The maximum Gasteiger partial charge on any atom is 0.335 e. The molecule has 0 aliphatic rings. The summed E-state index contributed by atoms with van der Waals surface area (Å²) in [4.78, 5) is 10.8. The summed E-state index contributed by atoms with van der Waals surface area (Å²) in [6.45, 7) is 0.934. The van der Waals surface area contributed by atoms with Crippen LogP contribution in [-0.2, 0) is 0 Å². The van der Waals surface area contributed by atoms with E-state index in [1.807, 2.05) is 36.4 Å². The number of carboxylic acids is 1. The maximum absolute atomic E-state index is 10.8. The number of rotatable bonds is 13. The number of aromatic carboxylic acids is 1. The molecule has 2 N–H and O–H groups in total. The summed E-state index contributed by atoms with van der Waals surface area (Å²) in [5.41, 5.74) is 2.34. The molecule has 0 saturated carbocycles. The first-order valence-corrected chi connectivity index (χ1v) is 11.3. The Bertz CT molecular complexity index is 804. The number of carboxylic acid groups (broad SMARTS) is 1. The van der Waals surface area contributed by atoms with Gasteiger partial charge in [-0.2, -0.15) is 0 Å². The van der Waals surface area contributed by atoms with Gasteiger partial charge in [0.2, 0.25) is 0 Å². The number of unbranched alkanes of at least 4 members (excludes halogenated alkanes) is 9. The predicted molar refractivity (Wildman–Crippen MR) is 126 cm³/mol. The van der Waals surface area contributed by atoms with Crippen LogP contribution in [0.25, 0.3) is 0 Å². The summed E-state index contributed by atoms with van der Waals surface area (Å²) in [5.74, 6) is 5.55. The molecule has 30 heavy (non-hydrogen) atoms. The van der Waals surface area contributed by atoms with Gasteiger partial charge in [-0.1, -0.05) is 68.4 Å². The average Bonchev–Trinajstić information content (AvgIpc) is 2.75. The van der Waals surface area contributed by atoms with Crippen LogP contribution in [0, 0.1) is 11.8 Å². The fourth-order valence-electron chi connectivity index (χ4n) is 3.24. The van der Waals surface area contributed by atoms with Crippen LogP contribution in [0.1, 0.15) is 80.1 Å². The zero-order valence-electron chi connectivity index (χ0n) is 17.6. The molecular weight excluding hydrogens is 394 g/mol. The lowest BCUT2D eigenvalue weighted by Crippen LogP contribution is -2.02. The van der Waals surface area contributed by atoms with Crippen LogP contribution >= 0.6 is 11.6 Å². The van der Waals surface area contributed by atoms with Gasteiger partial charge < -0.3 is 10.4 Å². The second kappa shape index (κ2) is 14.5. The Kier molecular flexibility index (Phi) is 11.5. The number of halogens is 1. The number of nitrogens with one attached hydrogen (secondary N) is 1. The van der Waals surface area contributed by atoms with Crippen LogP contribution < -0.4 is 5.32 Å². The van der Waals surface area contributed by atoms with E-state index < -0.39 is 5.97 Å². The molecule has 0 radical (unpaired) electrons. The van der Waals surface area contributed by atoms with Gasteiger partial charge in [-0.3, -0.25) is 0 Å². The maximum atomic E-state index is 10.8. The zero-order valence-corrected chi connectivity index (χ0v) is 18.4. The van der Waals surface area contributed by atoms with Gasteiger partial charge in [-0.25, -0.2) is 4.79 Å². The summed E-state index contributed by atoms with van der Waals surface area (Å²) >= 11 is 5.87. The third kappa shape index (κ3) is 10.4. The second-order valence-electron chi connectivity index (χ2n) is 7.55. The third-order valence-electron chi connectivity index (χ3n) is 5.02. The van der Waals surface area contributed by atoms with Crippen LogP contribution in [0.2, 0.25) is 5.02 Å². The van der Waals surface area contributed by atoms with Gasteiger partial charge in [0, 0.05) is 29.2 Å². The molecule has 4 heteroatoms. The topological polar surface area (TPSA) is 49.3 Å². The standard InChI is InChI=1S/C26H32ClNO2/c27-24-17-13-22(14-18-24)12-10-8-6-4-2-1-3-5-7-9-11-21-28-25-19-15-23(16-20-25)26(29)30/h13-20,28H,1-9,11,21H2,(H,29,30). The van der Waals surface area contributed by atoms with Gasteiger partial charge in [0.25, 0.3) is 0 Å². The van der Waals surface area contributed by atoms with E-state index in [2.05, 4.69) is 17.2 Å². The fourth-order valence-corrected chi connectivity index (χ4v) is 3.36. The second-order valence-corrected chi connectivity index (χ2v) is 7.99. The van der Waals surface area contributed by atoms with Crippen molar-refractivity contribution in [3.8, 4) is 11.8 Å². The van der Waals surface area contributed by atoms with E-state index in [-0.39, 0.29) is 0 Å². The number of hydrogen-bond donors (Lipinski definition) is 2. The minimum Gasteiger partial charge on any atom is -0.478 e. The molecule has 0 saturated heterocycles. The molecular formula is C26H32ClNO2. The van der Waals surface area contributed by atoms with Crippen LogP contribution in [0.4, 0.5) is 5.69 Å². The van der Waals surface area contributed by atoms with Crippen LogP contribution in [0.15, 0.2) is 48.5 Å². The van der Waals surface area contributed by atoms with Crippen molar-refractivity contribution in [1.29, 1.82) is 0 Å². The molecule has 0 unspecified atom stereocenters. The van der Waals surface area contributed by atoms with E-state index in [1.165, 1.54) is 51.4 Å². The average molecular weight is 426 g/mol. The largest absolute Gasteiger partial charge is 0.478 e. The van der Waals surface area contributed by atoms with Crippen molar-refractivity contribution in [3.63, 3.8) is 0 Å². The lowest BCUT2D eigenvalue weighted by atomic mass is 10.1. The highest BCUT2D eigenvalue weighted by Crippen LogP contribution is 2.13. The summed E-state index contributed by atoms with van der Waals surface area (Å²) in [6.07, 6.45) is 12.3. The lowest BCUT2D eigenvalue weighted by molar-refractivity contribution is 0.0697. The van der Waals surface area contributed by atoms with Gasteiger partial charge in [-0.15, -0.1) is 0 Å². The predicted octanol–water partition coefficient (Wildman–Crippen LogP) is 7.40. The summed E-state index contributed by atoms with van der Waals surface area (Å²) < 4.78 is 0. The van der Waals surface area contributed by atoms with E-state index in [4.69, 9.17) is 16.7 Å². The SMILES string of the molecule is O=C(O)c1ccc(NCCCCCCCCCCCC#Cc2ccc(Cl)cc2)cc1. The van der Waals surface area contributed by atoms with Crippen molar-refractivity contribution in [1.82, 2.24) is 0 Å². The van der Waals surface area contributed by atoms with E-state index in [0.717, 1.165) is 35.7 Å². The van der Waals surface area contributed by atoms with E-state index in [9.17, 15) is 4.79 Å². The molecule has 0 fully saturated rings. The number of benzene rings is 2. The number of carbonyl (C=O) groups is 1. The van der Waals surface area contributed by atoms with Crippen LogP contribution in [0.5, 0.6) is 0 Å². The fraction of sp³-hybridized carbons (Fsp3) is 0.423. The Morgan fingerprint density at radius 2 is 1.37 bits per heavy atom. The number of anilines is 1. The smallest absolute Gasteiger partial charge is 0.335 e. The Hall–Kier alpha value is -2.44. The minimum absolute atomic E-state index is 0.325. The van der Waals surface area contributed by atoms with Gasteiger partial charge >= 0.3 is 5.97 Å². The Morgan fingerprint density at radius 1 is 0.800 bits per heavy atom. The van der Waals surface area contributed by atoms with Crippen molar-refractivity contribution in [2.45, 2.75) is 64.2 Å². The highest BCUT2D eigenvalue weighted by Gasteiger charge is 2.01. The Balaban J connectivity index is 1.37. The molecule has 0 amide bonds. The molecule has 0 bridgehead atoms. The molecule has 2 aromatic rings. The first-order chi connectivity index (χ1) is 14.6. The van der Waals surface area contributed by atoms with Crippen molar-refractivity contribution >= 4 is 23.3 Å². The van der Waals surface area contributed by atoms with Crippen molar-refractivity contribution in [2.75, 3.05) is 11.9 Å². The molecule has 0 aromatic heterocycles. The zero-order chi connectivity index (χ0) is 21.4. The van der Waals surface area contributed by atoms with Crippen molar-refractivity contribution in [2.24, 2.45) is 0 Å². The van der Waals surface area contributed by atoms with Gasteiger partial charge in [0.1, 0.15) is 0 Å². The highest BCUT2D eigenvalue weighted by molar-refractivity contribution is 6.30. The molecule has 3 nitrogen and oxygen atoms in total. The molecule has 0 aliphatic heterocycles. The molecule has 0 atom stereocenters. The van der Waals surface area contributed by atoms with E-state index in [1.54, 1.807) is 12.1 Å². The van der Waals surface area contributed by atoms with Gasteiger partial charge in [-0.05, 0) is 61.4 Å². The first-order valence-electron chi connectivity index (χ1n) is 11.0. The van der Waals surface area contributed by atoms with Crippen LogP contribution in [-0.4, -0.2) is 17.6 Å². The summed E-state index contributed by atoms with van der Waals surface area (Å²) in [5, 5.41) is 13.0. The highest BCUT2D eigenvalue weighted by atomic mass is 35.5. The number of hydrogen-bond acceptors (Lipinski definition) is 2. The van der Waals surface area contributed by atoms with Crippen molar-refractivity contribution in [3.05, 3.63) is 64.7 Å². The van der Waals surface area contributed by atoms with Gasteiger partial charge in [0.15, 0.2) is 0 Å². The summed E-state index contributed by atoms with van der Waals surface area (Å²) in [7, 11) is 0. The molecule has 0 aliphatic carbocycles. The van der Waals surface area contributed by atoms with E-state index in [0.29, 0.717) is 5.56 Å². The quantitative estimate of drug-likeness (QED) is 0.259. The molecule has 0 spiro atoms. The third-order valence-corrected chi connectivity index (χ3v) is 5.27. The van der Waals surface area contributed by atoms with Crippen LogP contribution in [0.3, 0.4) is 0 Å².